The molecule has 1 unspecified atom stereocenters. The van der Waals surface area contributed by atoms with Gasteiger partial charge in [-0.05, 0) is 38.5 Å². The maximum absolute atomic E-state index is 10.3. The van der Waals surface area contributed by atoms with E-state index in [-0.39, 0.29) is 12.7 Å². The molecule has 1 fully saturated rings. The number of allylic oxidation sites excluding steroid dienone is 1. The van der Waals surface area contributed by atoms with E-state index in [2.05, 4.69) is 6.08 Å². The van der Waals surface area contributed by atoms with Crippen molar-refractivity contribution in [3.05, 3.63) is 12.2 Å². The number of ether oxygens (including phenoxy) is 2. The van der Waals surface area contributed by atoms with E-state index >= 15 is 0 Å². The highest BCUT2D eigenvalue weighted by Crippen LogP contribution is 2.13. The maximum Gasteiger partial charge on any atom is 0.303 e. The Bertz CT molecular complexity index is 244. The highest BCUT2D eigenvalue weighted by atomic mass is 16.7. The molecule has 0 aromatic heterocycles. The van der Waals surface area contributed by atoms with Crippen LogP contribution in [0.15, 0.2) is 12.2 Å². The molecule has 18 heavy (non-hydrogen) atoms. The monoisotopic (exact) mass is 256 g/mol. The van der Waals surface area contributed by atoms with Gasteiger partial charge in [-0.25, -0.2) is 0 Å². The molecule has 1 heterocycles. The first-order chi connectivity index (χ1) is 8.79. The van der Waals surface area contributed by atoms with Crippen LogP contribution < -0.4 is 0 Å². The summed E-state index contributed by atoms with van der Waals surface area (Å²) >= 11 is 0. The van der Waals surface area contributed by atoms with E-state index < -0.39 is 5.97 Å². The number of aliphatic carboxylic acids is 1. The molecular weight excluding hydrogens is 232 g/mol. The van der Waals surface area contributed by atoms with Crippen molar-refractivity contribution in [3.8, 4) is 0 Å². The highest BCUT2D eigenvalue weighted by molar-refractivity contribution is 5.66. The predicted octanol–water partition coefficient (Wildman–Crippen LogP) is 3.12. The van der Waals surface area contributed by atoms with Crippen molar-refractivity contribution in [1.29, 1.82) is 0 Å². The molecule has 0 bridgehead atoms. The molecule has 1 aliphatic heterocycles. The maximum atomic E-state index is 10.3. The number of rotatable bonds is 9. The van der Waals surface area contributed by atoms with E-state index in [1.54, 1.807) is 0 Å². The summed E-state index contributed by atoms with van der Waals surface area (Å²) in [5, 5.41) is 8.47. The average Bonchev–Trinajstić information content (AvgIpc) is 2.37. The van der Waals surface area contributed by atoms with Crippen LogP contribution in [-0.4, -0.2) is 30.6 Å². The summed E-state index contributed by atoms with van der Waals surface area (Å²) in [6.45, 7) is 1.43. The zero-order valence-electron chi connectivity index (χ0n) is 11.0. The second-order valence-electron chi connectivity index (χ2n) is 4.59. The van der Waals surface area contributed by atoms with E-state index in [1.807, 2.05) is 6.08 Å². The minimum Gasteiger partial charge on any atom is -0.481 e. The first-order valence-electron chi connectivity index (χ1n) is 6.89. The summed E-state index contributed by atoms with van der Waals surface area (Å²) < 4.78 is 11.0. The molecule has 0 saturated carbocycles. The molecule has 1 atom stereocenters. The van der Waals surface area contributed by atoms with Crippen LogP contribution in [0.1, 0.15) is 51.4 Å². The third kappa shape index (κ3) is 8.25. The Kier molecular flexibility index (Phi) is 8.51. The van der Waals surface area contributed by atoms with E-state index in [1.165, 1.54) is 6.42 Å². The van der Waals surface area contributed by atoms with Crippen LogP contribution >= 0.6 is 0 Å². The number of carboxylic acids is 1. The molecule has 0 spiro atoms. The van der Waals surface area contributed by atoms with Gasteiger partial charge >= 0.3 is 5.97 Å². The smallest absolute Gasteiger partial charge is 0.303 e. The van der Waals surface area contributed by atoms with Crippen LogP contribution in [0, 0.1) is 0 Å². The van der Waals surface area contributed by atoms with Crippen LogP contribution in [0.25, 0.3) is 0 Å². The molecular formula is C14H24O4. The van der Waals surface area contributed by atoms with E-state index in [4.69, 9.17) is 14.6 Å². The van der Waals surface area contributed by atoms with Crippen LogP contribution in [0.2, 0.25) is 0 Å². The molecule has 0 amide bonds. The van der Waals surface area contributed by atoms with Gasteiger partial charge in [0.1, 0.15) is 0 Å². The van der Waals surface area contributed by atoms with Gasteiger partial charge in [-0.3, -0.25) is 4.79 Å². The van der Waals surface area contributed by atoms with Crippen LogP contribution in [0.4, 0.5) is 0 Å². The average molecular weight is 256 g/mol. The van der Waals surface area contributed by atoms with Crippen LogP contribution in [0.3, 0.4) is 0 Å². The fraction of sp³-hybridized carbons (Fsp3) is 0.786. The van der Waals surface area contributed by atoms with Crippen LogP contribution in [0.5, 0.6) is 0 Å². The van der Waals surface area contributed by atoms with Crippen molar-refractivity contribution in [3.63, 3.8) is 0 Å². The Hall–Kier alpha value is -0.870. The molecule has 104 valence electrons. The van der Waals surface area contributed by atoms with Gasteiger partial charge in [-0.15, -0.1) is 0 Å². The van der Waals surface area contributed by atoms with E-state index in [9.17, 15) is 4.79 Å². The number of hydrogen-bond acceptors (Lipinski definition) is 3. The van der Waals surface area contributed by atoms with Crippen molar-refractivity contribution in [1.82, 2.24) is 0 Å². The number of hydrogen-bond donors (Lipinski definition) is 1. The van der Waals surface area contributed by atoms with Crippen molar-refractivity contribution < 1.29 is 19.4 Å². The Morgan fingerprint density at radius 2 is 2.17 bits per heavy atom. The lowest BCUT2D eigenvalue weighted by Gasteiger charge is -2.21. The number of unbranched alkanes of at least 4 members (excludes halogenated alkanes) is 3. The van der Waals surface area contributed by atoms with Crippen molar-refractivity contribution in [2.24, 2.45) is 0 Å². The van der Waals surface area contributed by atoms with Crippen molar-refractivity contribution in [2.75, 3.05) is 13.2 Å². The normalized spacial score (nSPS) is 20.3. The SMILES string of the molecule is O=C(O)CCCCC/C=C\COC1CCCCO1. The lowest BCUT2D eigenvalue weighted by molar-refractivity contribution is -0.155. The lowest BCUT2D eigenvalue weighted by Crippen LogP contribution is -2.22. The topological polar surface area (TPSA) is 55.8 Å². The van der Waals surface area contributed by atoms with Crippen molar-refractivity contribution >= 4 is 5.97 Å². The fourth-order valence-corrected chi connectivity index (χ4v) is 1.91. The molecule has 0 aliphatic carbocycles. The van der Waals surface area contributed by atoms with Crippen molar-refractivity contribution in [2.45, 2.75) is 57.7 Å². The largest absolute Gasteiger partial charge is 0.481 e. The summed E-state index contributed by atoms with van der Waals surface area (Å²) in [7, 11) is 0. The Morgan fingerprint density at radius 1 is 1.28 bits per heavy atom. The molecule has 4 heteroatoms. The van der Waals surface area contributed by atoms with E-state index in [0.717, 1.165) is 45.1 Å². The molecule has 0 aromatic carbocycles. The molecule has 1 rings (SSSR count). The Labute approximate surface area is 109 Å². The zero-order chi connectivity index (χ0) is 13.1. The van der Waals surface area contributed by atoms with Gasteiger partial charge < -0.3 is 14.6 Å². The summed E-state index contributed by atoms with van der Waals surface area (Å²) in [6.07, 6.45) is 11.5. The molecule has 1 N–H and O–H groups in total. The third-order valence-corrected chi connectivity index (χ3v) is 2.94. The molecule has 1 aliphatic rings. The lowest BCUT2D eigenvalue weighted by atomic mass is 10.1. The molecule has 0 radical (unpaired) electrons. The number of carboxylic acid groups (broad SMARTS) is 1. The molecule has 1 saturated heterocycles. The fourth-order valence-electron chi connectivity index (χ4n) is 1.91. The zero-order valence-corrected chi connectivity index (χ0v) is 11.0. The van der Waals surface area contributed by atoms with Crippen LogP contribution in [-0.2, 0) is 14.3 Å². The minimum atomic E-state index is -0.702. The van der Waals surface area contributed by atoms with Gasteiger partial charge in [-0.2, -0.15) is 0 Å². The molecule has 4 nitrogen and oxygen atoms in total. The summed E-state index contributed by atoms with van der Waals surface area (Å²) in [6, 6.07) is 0. The van der Waals surface area contributed by atoms with Gasteiger partial charge in [0.2, 0.25) is 0 Å². The van der Waals surface area contributed by atoms with Gasteiger partial charge in [0.25, 0.3) is 0 Å². The quantitative estimate of drug-likeness (QED) is 0.508. The summed E-state index contributed by atoms with van der Waals surface area (Å²) in [5.74, 6) is -0.702. The second kappa shape index (κ2) is 10.1. The number of carbonyl (C=O) groups is 1. The molecule has 0 aromatic rings. The van der Waals surface area contributed by atoms with Gasteiger partial charge in [0.15, 0.2) is 6.29 Å². The third-order valence-electron chi connectivity index (χ3n) is 2.94. The van der Waals surface area contributed by atoms with Gasteiger partial charge in [0.05, 0.1) is 6.61 Å². The van der Waals surface area contributed by atoms with Gasteiger partial charge in [0, 0.05) is 13.0 Å². The second-order valence-corrected chi connectivity index (χ2v) is 4.59. The predicted molar refractivity (Wildman–Crippen MR) is 69.4 cm³/mol. The Morgan fingerprint density at radius 3 is 2.89 bits per heavy atom. The highest BCUT2D eigenvalue weighted by Gasteiger charge is 2.12. The van der Waals surface area contributed by atoms with E-state index in [0.29, 0.717) is 6.61 Å². The first kappa shape index (κ1) is 15.2. The summed E-state index contributed by atoms with van der Waals surface area (Å²) in [4.78, 5) is 10.3. The first-order valence-corrected chi connectivity index (χ1v) is 6.89. The summed E-state index contributed by atoms with van der Waals surface area (Å²) in [5.41, 5.74) is 0. The minimum absolute atomic E-state index is 0.0148. The van der Waals surface area contributed by atoms with Gasteiger partial charge in [-0.1, -0.05) is 18.6 Å². The standard InChI is InChI=1S/C14H24O4/c15-13(16)9-5-3-1-2-4-7-11-17-14-10-6-8-12-18-14/h4,7,14H,1-3,5-6,8-12H2,(H,15,16)/b7-4-. The Balaban J connectivity index is 1.86.